The van der Waals surface area contributed by atoms with Crippen LogP contribution < -0.4 is 5.32 Å². The molecule has 2 aromatic carbocycles. The topological polar surface area (TPSA) is 124 Å². The van der Waals surface area contributed by atoms with Crippen LogP contribution in [-0.4, -0.2) is 33.4 Å². The van der Waals surface area contributed by atoms with Crippen LogP contribution in [0.5, 0.6) is 0 Å². The molecule has 3 aromatic rings. The molecule has 0 aliphatic rings. The largest absolute Gasteiger partial charge is 0.462 e. The quantitative estimate of drug-likeness (QED) is 0.375. The van der Waals surface area contributed by atoms with Gasteiger partial charge in [-0.1, -0.05) is 12.1 Å². The number of carbonyl (C=O) groups is 2. The summed E-state index contributed by atoms with van der Waals surface area (Å²) in [7, 11) is 0. The molecule has 1 amide bonds. The number of esters is 1. The summed E-state index contributed by atoms with van der Waals surface area (Å²) in [5, 5.41) is 13.9. The lowest BCUT2D eigenvalue weighted by atomic mass is 10.1. The van der Waals surface area contributed by atoms with Crippen molar-refractivity contribution in [3.8, 4) is 11.3 Å². The lowest BCUT2D eigenvalue weighted by Crippen LogP contribution is -2.14. The highest BCUT2D eigenvalue weighted by Crippen LogP contribution is 2.23. The first-order valence-electron chi connectivity index (χ1n) is 9.05. The normalized spacial score (nSPS) is 10.3. The predicted molar refractivity (Wildman–Crippen MR) is 109 cm³/mol. The zero-order valence-electron chi connectivity index (χ0n) is 16.3. The van der Waals surface area contributed by atoms with Gasteiger partial charge in [-0.2, -0.15) is 0 Å². The van der Waals surface area contributed by atoms with Crippen LogP contribution in [0.2, 0.25) is 0 Å². The molecule has 0 aliphatic heterocycles. The number of amides is 1. The third-order valence-corrected chi connectivity index (χ3v) is 4.09. The molecule has 9 nitrogen and oxygen atoms in total. The maximum absolute atomic E-state index is 12.7. The minimum Gasteiger partial charge on any atom is -0.462 e. The number of rotatable bonds is 6. The van der Waals surface area contributed by atoms with Crippen molar-refractivity contribution in [2.45, 2.75) is 13.8 Å². The first-order chi connectivity index (χ1) is 14.4. The number of hydrogen-bond acceptors (Lipinski definition) is 7. The monoisotopic (exact) mass is 406 g/mol. The number of ether oxygens (including phenoxy) is 1. The van der Waals surface area contributed by atoms with Crippen molar-refractivity contribution >= 4 is 23.3 Å². The Labute approximate surface area is 171 Å². The third kappa shape index (κ3) is 4.82. The maximum atomic E-state index is 12.7. The molecule has 3 rings (SSSR count). The van der Waals surface area contributed by atoms with E-state index in [1.807, 2.05) is 6.07 Å². The number of non-ortho nitro benzene ring substituents is 1. The molecule has 9 heteroatoms. The van der Waals surface area contributed by atoms with Crippen LogP contribution in [-0.2, 0) is 4.74 Å². The number of nitro benzene ring substituents is 1. The number of aryl methyl sites for hydroxylation is 1. The Morgan fingerprint density at radius 2 is 1.90 bits per heavy atom. The van der Waals surface area contributed by atoms with E-state index < -0.39 is 16.8 Å². The summed E-state index contributed by atoms with van der Waals surface area (Å²) in [6.45, 7) is 3.51. The van der Waals surface area contributed by atoms with Crippen molar-refractivity contribution in [3.63, 3.8) is 0 Å². The lowest BCUT2D eigenvalue weighted by Gasteiger charge is -2.09. The van der Waals surface area contributed by atoms with Crippen molar-refractivity contribution in [1.82, 2.24) is 9.97 Å². The second-order valence-electron chi connectivity index (χ2n) is 6.27. The van der Waals surface area contributed by atoms with Gasteiger partial charge in [0, 0.05) is 35.1 Å². The Morgan fingerprint density at radius 1 is 1.13 bits per heavy atom. The zero-order valence-corrected chi connectivity index (χ0v) is 16.3. The molecule has 30 heavy (non-hydrogen) atoms. The summed E-state index contributed by atoms with van der Waals surface area (Å²) in [5.41, 5.74) is 1.45. The number of nitro groups is 1. The van der Waals surface area contributed by atoms with E-state index in [0.29, 0.717) is 17.2 Å². The lowest BCUT2D eigenvalue weighted by molar-refractivity contribution is -0.384. The minimum absolute atomic E-state index is 0.0319. The molecule has 0 unspecified atom stereocenters. The van der Waals surface area contributed by atoms with Crippen LogP contribution >= 0.6 is 0 Å². The number of nitrogens with zero attached hydrogens (tertiary/aromatic N) is 3. The van der Waals surface area contributed by atoms with Gasteiger partial charge in [-0.15, -0.1) is 0 Å². The average Bonchev–Trinajstić information content (AvgIpc) is 2.73. The SMILES string of the molecule is CCOC(=O)c1cc(C(=O)Nc2cccc(-c3ccnc(C)n3)c2)cc([N+](=O)[O-])c1. The Hall–Kier alpha value is -4.14. The Kier molecular flexibility index (Phi) is 6.11. The number of benzene rings is 2. The van der Waals surface area contributed by atoms with Crippen molar-refractivity contribution in [2.24, 2.45) is 0 Å². The number of aromatic nitrogens is 2. The molecule has 1 aromatic heterocycles. The van der Waals surface area contributed by atoms with Crippen molar-refractivity contribution < 1.29 is 19.2 Å². The second-order valence-corrected chi connectivity index (χ2v) is 6.27. The number of carbonyl (C=O) groups excluding carboxylic acids is 2. The predicted octanol–water partition coefficient (Wildman–Crippen LogP) is 3.79. The number of nitrogens with one attached hydrogen (secondary N) is 1. The molecule has 152 valence electrons. The summed E-state index contributed by atoms with van der Waals surface area (Å²) < 4.78 is 4.88. The van der Waals surface area contributed by atoms with E-state index in [-0.39, 0.29) is 23.4 Å². The highest BCUT2D eigenvalue weighted by atomic mass is 16.6. The van der Waals surface area contributed by atoms with Crippen molar-refractivity contribution in [1.29, 1.82) is 0 Å². The molecular weight excluding hydrogens is 388 g/mol. The summed E-state index contributed by atoms with van der Waals surface area (Å²) in [6, 6.07) is 12.2. The summed E-state index contributed by atoms with van der Waals surface area (Å²) >= 11 is 0. The highest BCUT2D eigenvalue weighted by molar-refractivity contribution is 6.06. The summed E-state index contributed by atoms with van der Waals surface area (Å²) in [4.78, 5) is 43.7. The fourth-order valence-corrected chi connectivity index (χ4v) is 2.76. The van der Waals surface area contributed by atoms with Crippen molar-refractivity contribution in [3.05, 3.63) is 81.8 Å². The van der Waals surface area contributed by atoms with Crippen LogP contribution in [0, 0.1) is 17.0 Å². The highest BCUT2D eigenvalue weighted by Gasteiger charge is 2.19. The van der Waals surface area contributed by atoms with E-state index in [2.05, 4.69) is 15.3 Å². The Bertz CT molecular complexity index is 1130. The van der Waals surface area contributed by atoms with Crippen molar-refractivity contribution in [2.75, 3.05) is 11.9 Å². The van der Waals surface area contributed by atoms with Gasteiger partial charge in [0.2, 0.25) is 0 Å². The first-order valence-corrected chi connectivity index (χ1v) is 9.05. The molecule has 0 saturated carbocycles. The van der Waals surface area contributed by atoms with Gasteiger partial charge < -0.3 is 10.1 Å². The minimum atomic E-state index is -0.739. The fraction of sp³-hybridized carbons (Fsp3) is 0.143. The van der Waals surface area contributed by atoms with E-state index in [0.717, 1.165) is 17.7 Å². The summed E-state index contributed by atoms with van der Waals surface area (Å²) in [6.07, 6.45) is 1.64. The Balaban J connectivity index is 1.89. The summed E-state index contributed by atoms with van der Waals surface area (Å²) in [5.74, 6) is -0.721. The van der Waals surface area contributed by atoms with E-state index in [9.17, 15) is 19.7 Å². The molecule has 0 aliphatic carbocycles. The second kappa shape index (κ2) is 8.91. The van der Waals surface area contributed by atoms with Gasteiger partial charge in [0.1, 0.15) is 5.82 Å². The van der Waals surface area contributed by atoms with Gasteiger partial charge in [-0.25, -0.2) is 14.8 Å². The average molecular weight is 406 g/mol. The van der Waals surface area contributed by atoms with Crippen LogP contribution in [0.25, 0.3) is 11.3 Å². The fourth-order valence-electron chi connectivity index (χ4n) is 2.76. The molecule has 0 bridgehead atoms. The van der Waals surface area contributed by atoms with Gasteiger partial charge >= 0.3 is 5.97 Å². The molecule has 0 atom stereocenters. The molecule has 1 N–H and O–H groups in total. The van der Waals surface area contributed by atoms with Gasteiger partial charge in [-0.05, 0) is 38.1 Å². The molecule has 0 fully saturated rings. The van der Waals surface area contributed by atoms with E-state index in [4.69, 9.17) is 4.74 Å². The maximum Gasteiger partial charge on any atom is 0.338 e. The van der Waals surface area contributed by atoms with Crippen LogP contribution in [0.15, 0.2) is 54.7 Å². The standard InChI is InChI=1S/C21H18N4O5/c1-3-30-21(27)16-9-15(11-18(12-16)25(28)29)20(26)24-17-6-4-5-14(10-17)19-7-8-22-13(2)23-19/h4-12H,3H2,1-2H3,(H,24,26). The molecule has 0 saturated heterocycles. The first kappa shape index (κ1) is 20.6. The van der Waals surface area contributed by atoms with Gasteiger partial charge in [0.05, 0.1) is 22.8 Å². The number of anilines is 1. The molecule has 0 radical (unpaired) electrons. The smallest absolute Gasteiger partial charge is 0.338 e. The molecular formula is C21H18N4O5. The van der Waals surface area contributed by atoms with E-state index in [1.165, 1.54) is 6.07 Å². The van der Waals surface area contributed by atoms with Gasteiger partial charge in [0.15, 0.2) is 0 Å². The zero-order chi connectivity index (χ0) is 21.7. The van der Waals surface area contributed by atoms with Crippen LogP contribution in [0.1, 0.15) is 33.5 Å². The Morgan fingerprint density at radius 3 is 2.60 bits per heavy atom. The van der Waals surface area contributed by atoms with Gasteiger partial charge in [0.25, 0.3) is 11.6 Å². The molecule has 0 spiro atoms. The molecule has 1 heterocycles. The van der Waals surface area contributed by atoms with E-state index in [1.54, 1.807) is 44.3 Å². The third-order valence-electron chi connectivity index (χ3n) is 4.09. The van der Waals surface area contributed by atoms with E-state index >= 15 is 0 Å². The van der Waals surface area contributed by atoms with Gasteiger partial charge in [-0.3, -0.25) is 14.9 Å². The number of hydrogen-bond donors (Lipinski definition) is 1. The van der Waals surface area contributed by atoms with Crippen LogP contribution in [0.4, 0.5) is 11.4 Å². The van der Waals surface area contributed by atoms with Crippen LogP contribution in [0.3, 0.4) is 0 Å².